The van der Waals surface area contributed by atoms with E-state index >= 15 is 0 Å². The van der Waals surface area contributed by atoms with E-state index in [9.17, 15) is 18.0 Å². The van der Waals surface area contributed by atoms with Crippen molar-refractivity contribution in [3.05, 3.63) is 22.5 Å². The fourth-order valence-electron chi connectivity index (χ4n) is 3.85. The number of likely N-dealkylation sites (tertiary alicyclic amines) is 1. The molecule has 0 bridgehead atoms. The van der Waals surface area contributed by atoms with E-state index in [2.05, 4.69) is 4.98 Å². The first-order chi connectivity index (χ1) is 11.7. The summed E-state index contributed by atoms with van der Waals surface area (Å²) in [5.41, 5.74) is 2.83. The number of aromatic amines is 1. The zero-order valence-corrected chi connectivity index (χ0v) is 15.8. The molecule has 2 heterocycles. The Hall–Kier alpha value is -1.67. The van der Waals surface area contributed by atoms with Crippen molar-refractivity contribution in [2.45, 2.75) is 45.1 Å². The summed E-state index contributed by atoms with van der Waals surface area (Å²) in [7, 11) is -1.63. The van der Waals surface area contributed by atoms with Crippen LogP contribution in [0.5, 0.6) is 0 Å². The van der Waals surface area contributed by atoms with Gasteiger partial charge in [0.05, 0.1) is 6.26 Å². The summed E-state index contributed by atoms with van der Waals surface area (Å²) < 4.78 is 24.7. The van der Waals surface area contributed by atoms with Gasteiger partial charge in [0.15, 0.2) is 5.78 Å². The van der Waals surface area contributed by atoms with E-state index in [-0.39, 0.29) is 17.7 Å². The van der Waals surface area contributed by atoms with E-state index in [1.54, 1.807) is 11.9 Å². The van der Waals surface area contributed by atoms with E-state index in [4.69, 9.17) is 0 Å². The Bertz CT molecular complexity index is 804. The smallest absolute Gasteiger partial charge is 0.270 e. The minimum atomic E-state index is -3.22. The minimum absolute atomic E-state index is 0.0708. The Kier molecular flexibility index (Phi) is 4.76. The average Bonchev–Trinajstić information content (AvgIpc) is 2.91. The summed E-state index contributed by atoms with van der Waals surface area (Å²) in [5.74, 6) is 0.0164. The molecule has 2 aliphatic rings. The third kappa shape index (κ3) is 3.37. The molecule has 8 heteroatoms. The van der Waals surface area contributed by atoms with Crippen molar-refractivity contribution >= 4 is 21.7 Å². The Balaban J connectivity index is 1.73. The molecule has 138 valence electrons. The summed E-state index contributed by atoms with van der Waals surface area (Å²) >= 11 is 0. The summed E-state index contributed by atoms with van der Waals surface area (Å²) in [6.45, 7) is 2.86. The predicted molar refractivity (Wildman–Crippen MR) is 94.3 cm³/mol. The molecule has 0 atom stereocenters. The number of nitrogens with one attached hydrogen (secondary N) is 1. The van der Waals surface area contributed by atoms with E-state index in [1.165, 1.54) is 10.6 Å². The fourth-order valence-corrected chi connectivity index (χ4v) is 4.60. The number of amides is 1. The highest BCUT2D eigenvalue weighted by atomic mass is 32.2. The maximum Gasteiger partial charge on any atom is 0.270 e. The van der Waals surface area contributed by atoms with Crippen molar-refractivity contribution < 1.29 is 18.0 Å². The first kappa shape index (κ1) is 18.1. The Morgan fingerprint density at radius 2 is 1.88 bits per heavy atom. The van der Waals surface area contributed by atoms with Crippen LogP contribution in [0.1, 0.15) is 57.8 Å². The molecule has 1 N–H and O–H groups in total. The van der Waals surface area contributed by atoms with Crippen LogP contribution in [0.2, 0.25) is 0 Å². The lowest BCUT2D eigenvalue weighted by Gasteiger charge is -2.35. The van der Waals surface area contributed by atoms with Crippen molar-refractivity contribution in [3.8, 4) is 0 Å². The highest BCUT2D eigenvalue weighted by molar-refractivity contribution is 7.88. The maximum atomic E-state index is 12.9. The number of aromatic nitrogens is 1. The quantitative estimate of drug-likeness (QED) is 0.873. The van der Waals surface area contributed by atoms with Crippen LogP contribution in [0.3, 0.4) is 0 Å². The van der Waals surface area contributed by atoms with E-state index in [1.807, 2.05) is 6.92 Å². The standard InChI is InChI=1S/C17H25N3O4S/c1-11-15-13(5-4-6-14(15)21)18-16(11)17(22)20-9-7-12(8-10-20)19(2)25(3,23)24/h12,18H,4-10H2,1-3H3. The van der Waals surface area contributed by atoms with Gasteiger partial charge >= 0.3 is 0 Å². The van der Waals surface area contributed by atoms with Gasteiger partial charge < -0.3 is 9.88 Å². The number of H-pyrrole nitrogens is 1. The first-order valence-corrected chi connectivity index (χ1v) is 10.5. The second kappa shape index (κ2) is 6.57. The SMILES string of the molecule is Cc1c(C(=O)N2CCC(N(C)S(C)(=O)=O)CC2)[nH]c2c1C(=O)CCC2. The van der Waals surface area contributed by atoms with Gasteiger partial charge in [0, 0.05) is 43.9 Å². The van der Waals surface area contributed by atoms with Crippen LogP contribution in [0.25, 0.3) is 0 Å². The van der Waals surface area contributed by atoms with E-state index in [0.717, 1.165) is 24.1 Å². The maximum absolute atomic E-state index is 12.9. The molecule has 7 nitrogen and oxygen atoms in total. The number of carbonyl (C=O) groups is 2. The number of piperidine rings is 1. The van der Waals surface area contributed by atoms with Crippen molar-refractivity contribution in [2.75, 3.05) is 26.4 Å². The van der Waals surface area contributed by atoms with E-state index in [0.29, 0.717) is 43.6 Å². The Morgan fingerprint density at radius 3 is 2.44 bits per heavy atom. The molecule has 25 heavy (non-hydrogen) atoms. The number of sulfonamides is 1. The van der Waals surface area contributed by atoms with Gasteiger partial charge in [-0.1, -0.05) is 0 Å². The van der Waals surface area contributed by atoms with Gasteiger partial charge in [-0.3, -0.25) is 9.59 Å². The molecular formula is C17H25N3O4S. The Morgan fingerprint density at radius 1 is 1.24 bits per heavy atom. The average molecular weight is 367 g/mol. The molecule has 0 radical (unpaired) electrons. The number of rotatable bonds is 3. The molecule has 1 fully saturated rings. The summed E-state index contributed by atoms with van der Waals surface area (Å²) in [4.78, 5) is 29.9. The lowest BCUT2D eigenvalue weighted by atomic mass is 9.93. The summed E-state index contributed by atoms with van der Waals surface area (Å²) in [6, 6.07) is -0.0708. The van der Waals surface area contributed by atoms with Crippen LogP contribution in [-0.4, -0.2) is 66.7 Å². The van der Waals surface area contributed by atoms with E-state index < -0.39 is 10.0 Å². The van der Waals surface area contributed by atoms with Gasteiger partial charge in [-0.05, 0) is 38.2 Å². The zero-order chi connectivity index (χ0) is 18.4. The molecule has 1 saturated heterocycles. The number of ketones is 1. The normalized spacial score (nSPS) is 19.4. The molecule has 0 unspecified atom stereocenters. The van der Waals surface area contributed by atoms with Crippen LogP contribution < -0.4 is 0 Å². The van der Waals surface area contributed by atoms with Crippen LogP contribution in [0.15, 0.2) is 0 Å². The monoisotopic (exact) mass is 367 g/mol. The number of fused-ring (bicyclic) bond motifs is 1. The predicted octanol–water partition coefficient (Wildman–Crippen LogP) is 1.34. The number of Topliss-reactive ketones (excluding diaryl/α,β-unsaturated/α-hetero) is 1. The Labute approximate surface area is 148 Å². The number of nitrogens with zero attached hydrogens (tertiary/aromatic N) is 2. The largest absolute Gasteiger partial charge is 0.354 e. The van der Waals surface area contributed by atoms with Gasteiger partial charge in [0.1, 0.15) is 5.69 Å². The third-order valence-corrected chi connectivity index (χ3v) is 6.78. The third-order valence-electron chi connectivity index (χ3n) is 5.44. The second-order valence-corrected chi connectivity index (χ2v) is 9.10. The van der Waals surface area contributed by atoms with Crippen LogP contribution in [0, 0.1) is 6.92 Å². The molecule has 3 rings (SSSR count). The van der Waals surface area contributed by atoms with Crippen molar-refractivity contribution in [1.29, 1.82) is 0 Å². The molecular weight excluding hydrogens is 342 g/mol. The van der Waals surface area contributed by atoms with Crippen molar-refractivity contribution in [1.82, 2.24) is 14.2 Å². The van der Waals surface area contributed by atoms with Crippen LogP contribution in [-0.2, 0) is 16.4 Å². The number of aryl methyl sites for hydroxylation is 1. The molecule has 0 aromatic carbocycles. The number of hydrogen-bond donors (Lipinski definition) is 1. The fraction of sp³-hybridized carbons (Fsp3) is 0.647. The van der Waals surface area contributed by atoms with Crippen LogP contribution in [0.4, 0.5) is 0 Å². The zero-order valence-electron chi connectivity index (χ0n) is 15.0. The van der Waals surface area contributed by atoms with Gasteiger partial charge in [0.25, 0.3) is 5.91 Å². The minimum Gasteiger partial charge on any atom is -0.354 e. The highest BCUT2D eigenvalue weighted by Crippen LogP contribution is 2.28. The number of hydrogen-bond acceptors (Lipinski definition) is 4. The molecule has 1 aliphatic carbocycles. The van der Waals surface area contributed by atoms with Gasteiger partial charge in [-0.25, -0.2) is 12.7 Å². The van der Waals surface area contributed by atoms with Gasteiger partial charge in [0.2, 0.25) is 10.0 Å². The van der Waals surface area contributed by atoms with Crippen LogP contribution >= 0.6 is 0 Å². The summed E-state index contributed by atoms with van der Waals surface area (Å²) in [6.07, 6.45) is 4.61. The lowest BCUT2D eigenvalue weighted by Crippen LogP contribution is -2.47. The molecule has 1 amide bonds. The van der Waals surface area contributed by atoms with Gasteiger partial charge in [-0.15, -0.1) is 0 Å². The molecule has 1 aromatic rings. The molecule has 0 saturated carbocycles. The second-order valence-electron chi connectivity index (χ2n) is 7.06. The summed E-state index contributed by atoms with van der Waals surface area (Å²) in [5, 5.41) is 0. The highest BCUT2D eigenvalue weighted by Gasteiger charge is 2.32. The van der Waals surface area contributed by atoms with Crippen molar-refractivity contribution in [2.24, 2.45) is 0 Å². The van der Waals surface area contributed by atoms with Crippen molar-refractivity contribution in [3.63, 3.8) is 0 Å². The number of carbonyl (C=O) groups excluding carboxylic acids is 2. The molecule has 0 spiro atoms. The lowest BCUT2D eigenvalue weighted by molar-refractivity contribution is 0.0680. The van der Waals surface area contributed by atoms with Gasteiger partial charge in [-0.2, -0.15) is 0 Å². The molecule has 1 aliphatic heterocycles. The first-order valence-electron chi connectivity index (χ1n) is 8.67. The topological polar surface area (TPSA) is 90.6 Å². The molecule has 1 aromatic heterocycles.